The van der Waals surface area contributed by atoms with Crippen LogP contribution in [0.3, 0.4) is 0 Å². The third-order valence-electron chi connectivity index (χ3n) is 5.05. The minimum Gasteiger partial charge on any atom is -0.491 e. The van der Waals surface area contributed by atoms with Crippen molar-refractivity contribution < 1.29 is 17.9 Å². The summed E-state index contributed by atoms with van der Waals surface area (Å²) in [4.78, 5) is 12.9. The van der Waals surface area contributed by atoms with E-state index in [9.17, 15) is 13.2 Å². The molecule has 29 heavy (non-hydrogen) atoms. The molecular formula is C22H28N2O4S. The Labute approximate surface area is 172 Å². The van der Waals surface area contributed by atoms with Gasteiger partial charge in [0, 0.05) is 18.7 Å². The summed E-state index contributed by atoms with van der Waals surface area (Å²) in [5.74, 6) is 0.438. The minimum atomic E-state index is -3.56. The third-order valence-corrected chi connectivity index (χ3v) is 6.95. The average Bonchev–Trinajstić information content (AvgIpc) is 3.23. The predicted molar refractivity (Wildman–Crippen MR) is 113 cm³/mol. The van der Waals surface area contributed by atoms with Gasteiger partial charge in [0.15, 0.2) is 0 Å². The summed E-state index contributed by atoms with van der Waals surface area (Å²) in [6.45, 7) is 7.05. The zero-order valence-corrected chi connectivity index (χ0v) is 18.0. The number of ether oxygens (including phenoxy) is 1. The Morgan fingerprint density at radius 1 is 1.10 bits per heavy atom. The lowest BCUT2D eigenvalue weighted by Gasteiger charge is -2.18. The molecule has 7 heteroatoms. The van der Waals surface area contributed by atoms with Gasteiger partial charge < -0.3 is 10.1 Å². The number of rotatable bonds is 7. The van der Waals surface area contributed by atoms with Crippen LogP contribution in [-0.2, 0) is 10.0 Å². The van der Waals surface area contributed by atoms with Gasteiger partial charge in [-0.3, -0.25) is 4.79 Å². The molecule has 1 aliphatic rings. The molecule has 0 saturated carbocycles. The monoisotopic (exact) mass is 416 g/mol. The van der Waals surface area contributed by atoms with Crippen LogP contribution in [0.1, 0.15) is 41.3 Å². The molecule has 1 atom stereocenters. The molecule has 3 rings (SSSR count). The molecule has 0 aliphatic carbocycles. The molecule has 1 saturated heterocycles. The van der Waals surface area contributed by atoms with Crippen molar-refractivity contribution in [2.45, 2.75) is 44.6 Å². The molecule has 156 valence electrons. The highest BCUT2D eigenvalue weighted by Crippen LogP contribution is 2.23. The lowest BCUT2D eigenvalue weighted by atomic mass is 10.1. The van der Waals surface area contributed by atoms with Gasteiger partial charge in [-0.15, -0.1) is 0 Å². The number of amides is 1. The van der Waals surface area contributed by atoms with Gasteiger partial charge in [-0.1, -0.05) is 23.8 Å². The van der Waals surface area contributed by atoms with Crippen molar-refractivity contribution in [2.75, 3.05) is 19.7 Å². The summed E-state index contributed by atoms with van der Waals surface area (Å²) >= 11 is 0. The summed E-state index contributed by atoms with van der Waals surface area (Å²) < 4.78 is 32.8. The maximum Gasteiger partial charge on any atom is 0.251 e. The molecule has 2 aromatic carbocycles. The van der Waals surface area contributed by atoms with Crippen LogP contribution in [0.25, 0.3) is 0 Å². The van der Waals surface area contributed by atoms with E-state index in [1.807, 2.05) is 38.1 Å². The van der Waals surface area contributed by atoms with Crippen LogP contribution in [0.5, 0.6) is 5.75 Å². The van der Waals surface area contributed by atoms with E-state index in [1.54, 1.807) is 19.1 Å². The van der Waals surface area contributed by atoms with Gasteiger partial charge in [-0.25, -0.2) is 8.42 Å². The summed E-state index contributed by atoms with van der Waals surface area (Å²) in [7, 11) is -3.56. The maximum absolute atomic E-state index is 12.8. The summed E-state index contributed by atoms with van der Waals surface area (Å²) in [5.41, 5.74) is 2.25. The van der Waals surface area contributed by atoms with E-state index in [4.69, 9.17) is 4.74 Å². The lowest BCUT2D eigenvalue weighted by molar-refractivity contribution is 0.0926. The average molecular weight is 417 g/mol. The third kappa shape index (κ3) is 5.16. The number of carbonyl (C=O) groups excluding carboxylic acids is 1. The number of aryl methyl sites for hydroxylation is 2. The molecule has 0 bridgehead atoms. The number of nitrogens with zero attached hydrogens (tertiary/aromatic N) is 1. The Morgan fingerprint density at radius 2 is 1.76 bits per heavy atom. The van der Waals surface area contributed by atoms with Crippen LogP contribution in [0.15, 0.2) is 47.4 Å². The lowest BCUT2D eigenvalue weighted by Crippen LogP contribution is -2.37. The normalized spacial score (nSPS) is 15.8. The van der Waals surface area contributed by atoms with E-state index < -0.39 is 10.0 Å². The van der Waals surface area contributed by atoms with Crippen LogP contribution in [0.4, 0.5) is 0 Å². The van der Waals surface area contributed by atoms with Crippen molar-refractivity contribution in [2.24, 2.45) is 0 Å². The number of nitrogens with one attached hydrogen (secondary N) is 1. The second-order valence-electron chi connectivity index (χ2n) is 7.59. The fourth-order valence-electron chi connectivity index (χ4n) is 3.28. The Bertz CT molecular complexity index is 965. The molecule has 0 spiro atoms. The van der Waals surface area contributed by atoms with Crippen LogP contribution in [0, 0.1) is 13.8 Å². The van der Waals surface area contributed by atoms with Crippen molar-refractivity contribution in [3.63, 3.8) is 0 Å². The van der Waals surface area contributed by atoms with Gasteiger partial charge in [0.2, 0.25) is 10.0 Å². The van der Waals surface area contributed by atoms with E-state index in [0.29, 0.717) is 25.3 Å². The first-order valence-electron chi connectivity index (χ1n) is 9.88. The zero-order chi connectivity index (χ0) is 21.0. The number of carbonyl (C=O) groups is 1. The Morgan fingerprint density at radius 3 is 2.41 bits per heavy atom. The van der Waals surface area contributed by atoms with Crippen molar-refractivity contribution >= 4 is 15.9 Å². The quantitative estimate of drug-likeness (QED) is 0.752. The van der Waals surface area contributed by atoms with Gasteiger partial charge in [0.05, 0.1) is 10.9 Å². The highest BCUT2D eigenvalue weighted by molar-refractivity contribution is 7.89. The van der Waals surface area contributed by atoms with Gasteiger partial charge >= 0.3 is 0 Å². The second-order valence-corrected chi connectivity index (χ2v) is 9.52. The van der Waals surface area contributed by atoms with E-state index >= 15 is 0 Å². The number of sulfonamides is 1. The molecule has 0 aromatic heterocycles. The van der Waals surface area contributed by atoms with Crippen molar-refractivity contribution in [3.05, 3.63) is 59.2 Å². The molecule has 6 nitrogen and oxygen atoms in total. The van der Waals surface area contributed by atoms with Crippen molar-refractivity contribution in [1.29, 1.82) is 0 Å². The number of hydrogen-bond acceptors (Lipinski definition) is 4. The van der Waals surface area contributed by atoms with Gasteiger partial charge in [0.1, 0.15) is 12.4 Å². The molecule has 1 aliphatic heterocycles. The second kappa shape index (κ2) is 8.97. The molecule has 1 N–H and O–H groups in total. The minimum absolute atomic E-state index is 0.165. The number of benzene rings is 2. The standard InChI is InChI=1S/C22H28N2O4S/c1-16-6-9-19(10-7-16)28-15-18(3)23-22(25)21-14-20(11-8-17(21)2)29(26,27)24-12-4-5-13-24/h6-11,14,18H,4-5,12-13,15H2,1-3H3,(H,23,25). The summed E-state index contributed by atoms with van der Waals surface area (Å²) in [5, 5.41) is 2.89. The molecule has 1 heterocycles. The first-order valence-corrected chi connectivity index (χ1v) is 11.3. The van der Waals surface area contributed by atoms with Gasteiger partial charge in [-0.2, -0.15) is 4.31 Å². The van der Waals surface area contributed by atoms with Gasteiger partial charge in [0.25, 0.3) is 5.91 Å². The van der Waals surface area contributed by atoms with E-state index in [1.165, 1.54) is 10.4 Å². The van der Waals surface area contributed by atoms with Crippen molar-refractivity contribution in [3.8, 4) is 5.75 Å². The van der Waals surface area contributed by atoms with Crippen LogP contribution in [-0.4, -0.2) is 44.4 Å². The van der Waals surface area contributed by atoms with Crippen LogP contribution >= 0.6 is 0 Å². The summed E-state index contributed by atoms with van der Waals surface area (Å²) in [6, 6.07) is 12.2. The van der Waals surface area contributed by atoms with Crippen LogP contribution in [0.2, 0.25) is 0 Å². The van der Waals surface area contributed by atoms with E-state index in [-0.39, 0.29) is 16.8 Å². The SMILES string of the molecule is Cc1ccc(OCC(C)NC(=O)c2cc(S(=O)(=O)N3CCCC3)ccc2C)cc1. The fourth-order valence-corrected chi connectivity index (χ4v) is 4.83. The molecule has 1 fully saturated rings. The first-order chi connectivity index (χ1) is 13.8. The number of hydrogen-bond donors (Lipinski definition) is 1. The van der Waals surface area contributed by atoms with Gasteiger partial charge in [-0.05, 0) is 63.4 Å². The Kier molecular flexibility index (Phi) is 6.59. The first kappa shape index (κ1) is 21.3. The fraction of sp³-hybridized carbons (Fsp3) is 0.409. The van der Waals surface area contributed by atoms with E-state index in [0.717, 1.165) is 29.7 Å². The van der Waals surface area contributed by atoms with Crippen molar-refractivity contribution in [1.82, 2.24) is 9.62 Å². The molecule has 2 aromatic rings. The molecule has 0 radical (unpaired) electrons. The maximum atomic E-state index is 12.8. The highest BCUT2D eigenvalue weighted by atomic mass is 32.2. The topological polar surface area (TPSA) is 75.7 Å². The smallest absolute Gasteiger partial charge is 0.251 e. The molecule has 1 unspecified atom stereocenters. The molecule has 1 amide bonds. The zero-order valence-electron chi connectivity index (χ0n) is 17.1. The van der Waals surface area contributed by atoms with E-state index in [2.05, 4.69) is 5.32 Å². The Balaban J connectivity index is 1.67. The largest absolute Gasteiger partial charge is 0.491 e. The summed E-state index contributed by atoms with van der Waals surface area (Å²) in [6.07, 6.45) is 1.74. The predicted octanol–water partition coefficient (Wildman–Crippen LogP) is 3.29. The van der Waals surface area contributed by atoms with Crippen LogP contribution < -0.4 is 10.1 Å². The highest BCUT2D eigenvalue weighted by Gasteiger charge is 2.28. The Hall–Kier alpha value is -2.38. The molecular weight excluding hydrogens is 388 g/mol.